The Bertz CT molecular complexity index is 1300. The number of nitrogens with one attached hydrogen (secondary N) is 1. The average Bonchev–Trinajstić information content (AvgIpc) is 3.27. The summed E-state index contributed by atoms with van der Waals surface area (Å²) >= 11 is 3.35. The summed E-state index contributed by atoms with van der Waals surface area (Å²) in [6.45, 7) is 2.35. The van der Waals surface area contributed by atoms with Gasteiger partial charge in [0.1, 0.15) is 10.5 Å². The SMILES string of the molecule is CC1=C[C@@](CCc2ccccc2)(NCc2ccc(Br)o2)[C@](CCc2ccccc2)(S(N)(=O)=O)C=C1. The number of furan rings is 1. The molecule has 5 nitrogen and oxygen atoms in total. The third-order valence-corrected chi connectivity index (χ3v) is 8.98. The molecule has 0 saturated heterocycles. The molecule has 0 bridgehead atoms. The van der Waals surface area contributed by atoms with Gasteiger partial charge in [0.15, 0.2) is 4.67 Å². The van der Waals surface area contributed by atoms with Crippen molar-refractivity contribution in [2.24, 2.45) is 5.14 Å². The summed E-state index contributed by atoms with van der Waals surface area (Å²) in [5, 5.41) is 9.69. The van der Waals surface area contributed by atoms with E-state index in [0.717, 1.165) is 16.7 Å². The van der Waals surface area contributed by atoms with E-state index < -0.39 is 20.3 Å². The van der Waals surface area contributed by atoms with Crippen molar-refractivity contribution in [3.63, 3.8) is 0 Å². The van der Waals surface area contributed by atoms with Crippen LogP contribution in [0.2, 0.25) is 0 Å². The lowest BCUT2D eigenvalue weighted by Crippen LogP contribution is -2.67. The molecule has 1 aliphatic carbocycles. The molecule has 184 valence electrons. The van der Waals surface area contributed by atoms with Crippen LogP contribution in [0, 0.1) is 0 Å². The van der Waals surface area contributed by atoms with Crippen molar-refractivity contribution in [1.29, 1.82) is 0 Å². The van der Waals surface area contributed by atoms with Crippen LogP contribution < -0.4 is 10.5 Å². The number of allylic oxidation sites excluding steroid dienone is 2. The lowest BCUT2D eigenvalue weighted by molar-refractivity contribution is 0.275. The maximum Gasteiger partial charge on any atom is 0.220 e. The van der Waals surface area contributed by atoms with E-state index in [2.05, 4.69) is 33.4 Å². The highest BCUT2D eigenvalue weighted by Crippen LogP contribution is 2.43. The van der Waals surface area contributed by atoms with Gasteiger partial charge in [-0.1, -0.05) is 84.5 Å². The summed E-state index contributed by atoms with van der Waals surface area (Å²) in [7, 11) is -4.03. The zero-order valence-electron chi connectivity index (χ0n) is 19.8. The Balaban J connectivity index is 1.77. The molecule has 0 aliphatic heterocycles. The van der Waals surface area contributed by atoms with E-state index in [9.17, 15) is 8.42 Å². The standard InChI is InChI=1S/C28H31BrN2O3S/c1-22-14-18-28(35(30,32)33,19-16-24-10-6-3-7-11-24)27(20-22,17-15-23-8-4-2-5-9-23)31-21-25-12-13-26(29)34-25/h2-14,18,20,31H,15-17,19,21H2,1H3,(H2,30,32,33)/t27-,28+/m1/s1. The Morgan fingerprint density at radius 2 is 1.51 bits per heavy atom. The molecule has 3 aromatic rings. The van der Waals surface area contributed by atoms with Crippen LogP contribution in [0.4, 0.5) is 0 Å². The van der Waals surface area contributed by atoms with Crippen LogP contribution in [0.1, 0.15) is 36.7 Å². The molecular formula is C28H31BrN2O3S. The molecule has 0 radical (unpaired) electrons. The second-order valence-corrected chi connectivity index (χ2v) is 11.8. The molecule has 35 heavy (non-hydrogen) atoms. The van der Waals surface area contributed by atoms with Crippen LogP contribution >= 0.6 is 15.9 Å². The molecular weight excluding hydrogens is 524 g/mol. The zero-order chi connectivity index (χ0) is 24.9. The molecule has 2 aromatic carbocycles. The Hall–Kier alpha value is -2.45. The van der Waals surface area contributed by atoms with E-state index in [1.165, 1.54) is 0 Å². The molecule has 1 heterocycles. The molecule has 0 fully saturated rings. The van der Waals surface area contributed by atoms with Crippen LogP contribution in [0.3, 0.4) is 0 Å². The van der Waals surface area contributed by atoms with Crippen LogP contribution in [0.5, 0.6) is 0 Å². The third-order valence-electron chi connectivity index (χ3n) is 6.84. The number of aryl methyl sites for hydroxylation is 2. The van der Waals surface area contributed by atoms with E-state index in [-0.39, 0.29) is 0 Å². The van der Waals surface area contributed by atoms with E-state index in [0.29, 0.717) is 42.7 Å². The minimum Gasteiger partial charge on any atom is -0.453 e. The predicted octanol–water partition coefficient (Wildman–Crippen LogP) is 5.68. The summed E-state index contributed by atoms with van der Waals surface area (Å²) in [5.74, 6) is 0.711. The van der Waals surface area contributed by atoms with Gasteiger partial charge in [0.25, 0.3) is 0 Å². The Kier molecular flexibility index (Phi) is 7.81. The zero-order valence-corrected chi connectivity index (χ0v) is 22.2. The third kappa shape index (κ3) is 5.70. The monoisotopic (exact) mass is 554 g/mol. The number of hydrogen-bond acceptors (Lipinski definition) is 4. The molecule has 0 saturated carbocycles. The summed E-state index contributed by atoms with van der Waals surface area (Å²) in [6.07, 6.45) is 7.89. The number of rotatable bonds is 10. The first-order chi connectivity index (χ1) is 16.7. The highest BCUT2D eigenvalue weighted by atomic mass is 79.9. The Morgan fingerprint density at radius 1 is 0.914 bits per heavy atom. The van der Waals surface area contributed by atoms with Gasteiger partial charge in [-0.15, -0.1) is 0 Å². The van der Waals surface area contributed by atoms with Gasteiger partial charge in [0, 0.05) is 0 Å². The second kappa shape index (κ2) is 10.7. The van der Waals surface area contributed by atoms with E-state index in [4.69, 9.17) is 9.56 Å². The highest BCUT2D eigenvalue weighted by Gasteiger charge is 2.56. The Labute approximate surface area is 216 Å². The van der Waals surface area contributed by atoms with Crippen LogP contribution in [-0.4, -0.2) is 18.7 Å². The number of sulfonamides is 1. The predicted molar refractivity (Wildman–Crippen MR) is 144 cm³/mol. The number of halogens is 1. The van der Waals surface area contributed by atoms with Crippen LogP contribution in [0.15, 0.2) is 106 Å². The number of primary sulfonamides is 1. The van der Waals surface area contributed by atoms with Gasteiger partial charge >= 0.3 is 0 Å². The first-order valence-corrected chi connectivity index (χ1v) is 14.1. The van der Waals surface area contributed by atoms with Crippen molar-refractivity contribution in [3.05, 3.63) is 118 Å². The molecule has 1 aromatic heterocycles. The summed E-state index contributed by atoms with van der Waals surface area (Å²) < 4.78 is 32.0. The minimum absolute atomic E-state index is 0.347. The van der Waals surface area contributed by atoms with Crippen LogP contribution in [0.25, 0.3) is 0 Å². The lowest BCUT2D eigenvalue weighted by atomic mass is 9.71. The molecule has 2 atom stereocenters. The first-order valence-electron chi connectivity index (χ1n) is 11.7. The van der Waals surface area contributed by atoms with Crippen molar-refractivity contribution >= 4 is 26.0 Å². The quantitative estimate of drug-likeness (QED) is 0.337. The van der Waals surface area contributed by atoms with E-state index >= 15 is 0 Å². The van der Waals surface area contributed by atoms with Crippen molar-refractivity contribution in [1.82, 2.24) is 5.32 Å². The largest absolute Gasteiger partial charge is 0.453 e. The number of benzene rings is 2. The second-order valence-electron chi connectivity index (χ2n) is 9.16. The molecule has 0 spiro atoms. The van der Waals surface area contributed by atoms with Crippen molar-refractivity contribution in [3.8, 4) is 0 Å². The molecule has 1 aliphatic rings. The summed E-state index contributed by atoms with van der Waals surface area (Å²) in [4.78, 5) is 0. The first kappa shape index (κ1) is 25.6. The fourth-order valence-corrected chi connectivity index (χ4v) is 6.72. The van der Waals surface area contributed by atoms with Crippen molar-refractivity contribution < 1.29 is 12.8 Å². The van der Waals surface area contributed by atoms with Gasteiger partial charge < -0.3 is 4.42 Å². The van der Waals surface area contributed by atoms with Gasteiger partial charge in [-0.05, 0) is 71.8 Å². The molecule has 0 unspecified atom stereocenters. The van der Waals surface area contributed by atoms with Crippen LogP contribution in [-0.2, 0) is 29.4 Å². The topological polar surface area (TPSA) is 85.3 Å². The maximum absolute atomic E-state index is 13.5. The summed E-state index contributed by atoms with van der Waals surface area (Å²) in [5.41, 5.74) is 2.26. The number of hydrogen-bond donors (Lipinski definition) is 2. The van der Waals surface area contributed by atoms with Crippen molar-refractivity contribution in [2.45, 2.75) is 49.4 Å². The Morgan fingerprint density at radius 3 is 2.06 bits per heavy atom. The van der Waals surface area contributed by atoms with Gasteiger partial charge in [-0.3, -0.25) is 5.32 Å². The van der Waals surface area contributed by atoms with Crippen molar-refractivity contribution in [2.75, 3.05) is 0 Å². The maximum atomic E-state index is 13.5. The average molecular weight is 556 g/mol. The lowest BCUT2D eigenvalue weighted by Gasteiger charge is -2.49. The molecule has 3 N–H and O–H groups in total. The highest BCUT2D eigenvalue weighted by molar-refractivity contribution is 9.10. The van der Waals surface area contributed by atoms with E-state index in [1.807, 2.05) is 79.7 Å². The van der Waals surface area contributed by atoms with Gasteiger partial charge in [-0.25, -0.2) is 13.6 Å². The molecule has 7 heteroatoms. The van der Waals surface area contributed by atoms with Gasteiger partial charge in [-0.2, -0.15) is 0 Å². The molecule has 4 rings (SSSR count). The number of nitrogens with two attached hydrogens (primary N) is 1. The van der Waals surface area contributed by atoms with E-state index in [1.54, 1.807) is 6.08 Å². The fraction of sp³-hybridized carbons (Fsp3) is 0.286. The minimum atomic E-state index is -4.03. The fourth-order valence-electron chi connectivity index (χ4n) is 5.00. The smallest absolute Gasteiger partial charge is 0.220 e. The summed E-state index contributed by atoms with van der Waals surface area (Å²) in [6, 6.07) is 23.7. The normalized spacial score (nSPS) is 22.2. The molecule has 0 amide bonds. The van der Waals surface area contributed by atoms with Gasteiger partial charge in [0.2, 0.25) is 10.0 Å². The van der Waals surface area contributed by atoms with Gasteiger partial charge in [0.05, 0.1) is 12.1 Å².